The second-order valence-corrected chi connectivity index (χ2v) is 24.2. The predicted octanol–water partition coefficient (Wildman–Crippen LogP) is 4.76. The summed E-state index contributed by atoms with van der Waals surface area (Å²) in [5.41, 5.74) is 3.96. The summed E-state index contributed by atoms with van der Waals surface area (Å²) in [5, 5.41) is 29.3. The van der Waals surface area contributed by atoms with Crippen molar-refractivity contribution in [3.05, 3.63) is 119 Å². The van der Waals surface area contributed by atoms with Crippen LogP contribution < -0.4 is 16.8 Å². The topological polar surface area (TPSA) is 334 Å². The number of Topliss-reactive ketones (excluding diaryl/α,β-unsaturated/α-hetero) is 1. The number of esters is 6. The van der Waals surface area contributed by atoms with Crippen molar-refractivity contribution < 1.29 is 81.7 Å². The summed E-state index contributed by atoms with van der Waals surface area (Å²) in [6.07, 6.45) is -10.4. The molecule has 23 nitrogen and oxygen atoms in total. The standard InChI is InChI=1S/C61H74N6O17S/c1-33-41(31-61(77)52(83-54(75)38-22-16-11-17-23-38)50-59(6,42(70)30-43-60(50,32-78-43)84-35(3)69)51(73)48(79-34(2)68)46(33)58(61,4)5)81-55(76)49(47(36-18-12-9-13-19-36)64-53(74)37-20-14-10-15-21-37)82-45(72)29-28-44(71)80-39-24-26-40(27-25-39)85-66-56(62)65-57(63)67(7)8/h9-23,39-43,47-50,52,70,77H,24-32H2,1-8H3,(H,64,74)(H4,62,63,65,66)/t39?,40?,41-,42-,43+,47-,48+,49+,50-,52-,59+,60-,61+/m0/s1. The molecule has 456 valence electrons. The van der Waals surface area contributed by atoms with Crippen LogP contribution >= 0.6 is 11.9 Å². The molecule has 3 aromatic carbocycles. The lowest BCUT2D eigenvalue weighted by Crippen LogP contribution is -2.82. The summed E-state index contributed by atoms with van der Waals surface area (Å²) in [6.45, 7) is 7.76. The fourth-order valence-corrected chi connectivity index (χ4v) is 13.3. The summed E-state index contributed by atoms with van der Waals surface area (Å²) < 4.78 is 47.1. The molecule has 1 saturated heterocycles. The zero-order valence-corrected chi connectivity index (χ0v) is 49.5. The molecule has 5 aliphatic rings. The minimum Gasteiger partial charge on any atom is -0.462 e. The highest BCUT2D eigenvalue weighted by atomic mass is 32.2. The number of ether oxygens (including phenoxy) is 7. The molecule has 85 heavy (non-hydrogen) atoms. The van der Waals surface area contributed by atoms with Crippen molar-refractivity contribution in [3.8, 4) is 0 Å². The van der Waals surface area contributed by atoms with Gasteiger partial charge in [0.15, 0.2) is 23.4 Å². The van der Waals surface area contributed by atoms with Gasteiger partial charge in [0.25, 0.3) is 5.91 Å². The molecule has 0 spiro atoms. The van der Waals surface area contributed by atoms with Crippen LogP contribution in [-0.2, 0) is 61.9 Å². The number of carbonyl (C=O) groups excluding carboxylic acids is 8. The van der Waals surface area contributed by atoms with E-state index in [1.54, 1.807) is 85.7 Å². The fraction of sp³-hybridized carbons (Fsp3) is 0.508. The Hall–Kier alpha value is -7.67. The maximum Gasteiger partial charge on any atom is 0.350 e. The van der Waals surface area contributed by atoms with Gasteiger partial charge in [0, 0.05) is 57.0 Å². The summed E-state index contributed by atoms with van der Waals surface area (Å²) in [4.78, 5) is 120. The average Bonchev–Trinajstić information content (AvgIpc) is 0.716. The van der Waals surface area contributed by atoms with Crippen molar-refractivity contribution in [1.29, 1.82) is 0 Å². The van der Waals surface area contributed by atoms with Gasteiger partial charge in [-0.05, 0) is 92.5 Å². The zero-order valence-electron chi connectivity index (χ0n) is 48.7. The summed E-state index contributed by atoms with van der Waals surface area (Å²) in [5.74, 6) is -8.86. The summed E-state index contributed by atoms with van der Waals surface area (Å²) >= 11 is 1.26. The molecule has 24 heteroatoms. The summed E-state index contributed by atoms with van der Waals surface area (Å²) in [6, 6.07) is 22.4. The molecule has 1 amide bonds. The van der Waals surface area contributed by atoms with Crippen molar-refractivity contribution in [2.45, 2.75) is 158 Å². The molecule has 0 radical (unpaired) electrons. The molecule has 4 aliphatic carbocycles. The van der Waals surface area contributed by atoms with Crippen LogP contribution in [0.25, 0.3) is 0 Å². The van der Waals surface area contributed by atoms with E-state index in [9.17, 15) is 39.0 Å². The van der Waals surface area contributed by atoms with E-state index in [1.807, 2.05) is 0 Å². The van der Waals surface area contributed by atoms with Gasteiger partial charge in [0.1, 0.15) is 36.1 Å². The number of guanidine groups is 2. The number of fused-ring (bicyclic) bond motifs is 5. The Bertz CT molecular complexity index is 3120. The zero-order chi connectivity index (χ0) is 61.8. The summed E-state index contributed by atoms with van der Waals surface area (Å²) in [7, 11) is 3.44. The number of amides is 1. The van der Waals surface area contributed by atoms with Crippen LogP contribution in [0.5, 0.6) is 0 Å². The van der Waals surface area contributed by atoms with Crippen LogP contribution in [0.4, 0.5) is 0 Å². The van der Waals surface area contributed by atoms with Gasteiger partial charge in [-0.25, -0.2) is 9.59 Å². The number of benzene rings is 3. The average molecular weight is 1200 g/mol. The third-order valence-electron chi connectivity index (χ3n) is 17.2. The number of ketones is 1. The lowest BCUT2D eigenvalue weighted by Gasteiger charge is -2.67. The second-order valence-electron chi connectivity index (χ2n) is 23.1. The van der Waals surface area contributed by atoms with Gasteiger partial charge in [-0.15, -0.1) is 0 Å². The van der Waals surface area contributed by atoms with Crippen LogP contribution in [0.3, 0.4) is 0 Å². The number of nitrogens with zero attached hydrogens (tertiary/aromatic N) is 3. The maximum absolute atomic E-state index is 15.9. The van der Waals surface area contributed by atoms with Gasteiger partial charge in [0.05, 0.1) is 42.4 Å². The molecule has 3 saturated carbocycles. The van der Waals surface area contributed by atoms with Crippen LogP contribution in [0.1, 0.15) is 125 Å². The molecule has 4 fully saturated rings. The lowest BCUT2D eigenvalue weighted by molar-refractivity contribution is -0.346. The number of nitrogens with two attached hydrogens (primary N) is 2. The normalized spacial score (nSPS) is 29.5. The molecule has 0 unspecified atom stereocenters. The maximum atomic E-state index is 15.9. The van der Waals surface area contributed by atoms with Gasteiger partial charge in [-0.3, -0.25) is 28.8 Å². The smallest absolute Gasteiger partial charge is 0.350 e. The van der Waals surface area contributed by atoms with Crippen molar-refractivity contribution >= 4 is 71.4 Å². The molecule has 1 heterocycles. The number of aliphatic imine (C=N–C) groups is 1. The van der Waals surface area contributed by atoms with Gasteiger partial charge in [-0.2, -0.15) is 9.39 Å². The first kappa shape index (κ1) is 63.4. The van der Waals surface area contributed by atoms with Crippen molar-refractivity contribution in [2.75, 3.05) is 20.7 Å². The Kier molecular flexibility index (Phi) is 19.3. The first-order valence-electron chi connectivity index (χ1n) is 28.1. The van der Waals surface area contributed by atoms with Gasteiger partial charge < -0.3 is 65.1 Å². The van der Waals surface area contributed by atoms with E-state index in [0.717, 1.165) is 13.8 Å². The van der Waals surface area contributed by atoms with Crippen molar-refractivity contribution in [1.82, 2.24) is 10.2 Å². The molecule has 1 aliphatic heterocycles. The molecular formula is C61H74N6O17S. The SMILES string of the molecule is CC(=O)O[C@H]1C(=O)[C@@]2(C)[C@H]([C@H](OC(=O)c3ccccc3)[C@]3(O)C[C@H](OC(=O)[C@H](OC(=O)CCC(=O)OC4CCC(S/N=C(N)/N=C(\N)N(C)C)CC4)[C@@H](NC(=O)c4ccccc4)c4ccccc4)C(C)=C1C3(C)C)[C@]1(OC(C)=O)CO[C@@H]1C[C@@H]2O. The molecule has 3 aromatic rings. The molecule has 8 rings (SSSR count). The third kappa shape index (κ3) is 13.1. The quantitative estimate of drug-likeness (QED) is 0.0304. The van der Waals surface area contributed by atoms with E-state index in [1.165, 1.54) is 63.9 Å². The lowest BCUT2D eigenvalue weighted by atomic mass is 9.44. The Morgan fingerprint density at radius 3 is 1.99 bits per heavy atom. The number of nitrogens with one attached hydrogen (secondary N) is 1. The Labute approximate surface area is 496 Å². The third-order valence-corrected chi connectivity index (χ3v) is 18.2. The van der Waals surface area contributed by atoms with Crippen molar-refractivity contribution in [2.24, 2.45) is 37.6 Å². The number of carbonyl (C=O) groups is 8. The van der Waals surface area contributed by atoms with Crippen LogP contribution in [0.2, 0.25) is 0 Å². The largest absolute Gasteiger partial charge is 0.462 e. The molecule has 7 N–H and O–H groups in total. The number of aliphatic hydroxyl groups excluding tert-OH is 1. The van der Waals surface area contributed by atoms with E-state index in [2.05, 4.69) is 14.7 Å². The molecule has 2 bridgehead atoms. The minimum absolute atomic E-state index is 0.00951. The molecule has 11 atom stereocenters. The van der Waals surface area contributed by atoms with E-state index in [0.29, 0.717) is 25.7 Å². The molecule has 0 aromatic heterocycles. The van der Waals surface area contributed by atoms with E-state index in [-0.39, 0.29) is 58.0 Å². The highest BCUT2D eigenvalue weighted by Crippen LogP contribution is 2.64. The van der Waals surface area contributed by atoms with Crippen molar-refractivity contribution in [3.63, 3.8) is 0 Å². The van der Waals surface area contributed by atoms with Gasteiger partial charge in [-0.1, -0.05) is 80.6 Å². The first-order chi connectivity index (χ1) is 40.2. The van der Waals surface area contributed by atoms with Gasteiger partial charge in [0.2, 0.25) is 12.1 Å². The predicted molar refractivity (Wildman–Crippen MR) is 307 cm³/mol. The number of rotatable bonds is 17. The van der Waals surface area contributed by atoms with Gasteiger partial charge >= 0.3 is 35.8 Å². The Morgan fingerprint density at radius 1 is 0.812 bits per heavy atom. The number of aliphatic hydroxyl groups is 2. The number of hydrogen-bond acceptors (Lipinski definition) is 19. The monoisotopic (exact) mass is 1190 g/mol. The van der Waals surface area contributed by atoms with E-state index < -0.39 is 143 Å². The number of hydrogen-bond donors (Lipinski definition) is 5. The minimum atomic E-state index is -2.52. The molecular weight excluding hydrogens is 1120 g/mol. The Balaban J connectivity index is 1.15. The van der Waals surface area contributed by atoms with E-state index >= 15 is 9.59 Å². The van der Waals surface area contributed by atoms with Crippen LogP contribution in [0.15, 0.2) is 112 Å². The van der Waals surface area contributed by atoms with Crippen LogP contribution in [0, 0.1) is 16.7 Å². The highest BCUT2D eigenvalue weighted by Gasteiger charge is 2.78. The first-order valence-corrected chi connectivity index (χ1v) is 29.0. The van der Waals surface area contributed by atoms with Crippen LogP contribution in [-0.4, -0.2) is 154 Å². The second kappa shape index (κ2) is 25.9. The fourth-order valence-electron chi connectivity index (χ4n) is 12.6. The van der Waals surface area contributed by atoms with E-state index in [4.69, 9.17) is 44.6 Å². The highest BCUT2D eigenvalue weighted by molar-refractivity contribution is 7.98. The Morgan fingerprint density at radius 2 is 1.41 bits per heavy atom.